The minimum atomic E-state index is 0.558. The second-order valence-electron chi connectivity index (χ2n) is 3.15. The molecule has 3 nitrogen and oxygen atoms in total. The van der Waals surface area contributed by atoms with Crippen molar-refractivity contribution in [2.75, 3.05) is 20.3 Å². The third kappa shape index (κ3) is 4.20. The molecule has 0 unspecified atom stereocenters. The fourth-order valence-electron chi connectivity index (χ4n) is 1.23. The molecule has 0 radical (unpaired) electrons. The average molecular weight is 274 g/mol. The number of hydrogen-bond donors (Lipinski definition) is 1. The molecule has 4 heteroatoms. The van der Waals surface area contributed by atoms with Gasteiger partial charge in [-0.15, -0.1) is 0 Å². The van der Waals surface area contributed by atoms with Gasteiger partial charge in [0.25, 0.3) is 0 Å². The normalized spacial score (nSPS) is 10.3. The largest absolute Gasteiger partial charge is 0.496 e. The minimum absolute atomic E-state index is 0.558. The summed E-state index contributed by atoms with van der Waals surface area (Å²) in [6.45, 7) is 1.91. The van der Waals surface area contributed by atoms with Crippen LogP contribution in [0.1, 0.15) is 12.0 Å². The molecule has 0 atom stereocenters. The van der Waals surface area contributed by atoms with E-state index in [-0.39, 0.29) is 0 Å². The zero-order valence-corrected chi connectivity index (χ0v) is 10.4. The summed E-state index contributed by atoms with van der Waals surface area (Å²) in [5.41, 5.74) is 6.42. The van der Waals surface area contributed by atoms with Crippen LogP contribution in [0.2, 0.25) is 0 Å². The van der Waals surface area contributed by atoms with Gasteiger partial charge in [0.15, 0.2) is 0 Å². The molecular weight excluding hydrogens is 258 g/mol. The Labute approximate surface area is 98.7 Å². The first-order valence-corrected chi connectivity index (χ1v) is 5.67. The lowest BCUT2D eigenvalue weighted by Gasteiger charge is -2.09. The molecule has 84 valence electrons. The molecular formula is C11H16BrNO2. The van der Waals surface area contributed by atoms with E-state index in [0.717, 1.165) is 22.2 Å². The summed E-state index contributed by atoms with van der Waals surface area (Å²) in [7, 11) is 1.66. The lowest BCUT2D eigenvalue weighted by atomic mass is 10.2. The number of methoxy groups -OCH3 is 1. The highest BCUT2D eigenvalue weighted by Gasteiger charge is 2.03. The third-order valence-electron chi connectivity index (χ3n) is 1.99. The van der Waals surface area contributed by atoms with Crippen molar-refractivity contribution in [1.29, 1.82) is 0 Å². The van der Waals surface area contributed by atoms with E-state index < -0.39 is 0 Å². The SMILES string of the molecule is COc1ccc(Br)cc1COCCCN. The van der Waals surface area contributed by atoms with Gasteiger partial charge in [0.1, 0.15) is 5.75 Å². The van der Waals surface area contributed by atoms with Gasteiger partial charge in [-0.2, -0.15) is 0 Å². The molecule has 1 aromatic rings. The molecule has 0 saturated carbocycles. The first kappa shape index (κ1) is 12.5. The van der Waals surface area contributed by atoms with Gasteiger partial charge in [-0.25, -0.2) is 0 Å². The van der Waals surface area contributed by atoms with Crippen molar-refractivity contribution in [3.63, 3.8) is 0 Å². The molecule has 0 aliphatic heterocycles. The second kappa shape index (κ2) is 6.82. The molecule has 0 amide bonds. The molecule has 0 aromatic heterocycles. The Morgan fingerprint density at radius 1 is 1.40 bits per heavy atom. The van der Waals surface area contributed by atoms with Gasteiger partial charge in [-0.3, -0.25) is 0 Å². The Kier molecular flexibility index (Phi) is 5.68. The van der Waals surface area contributed by atoms with E-state index in [1.807, 2.05) is 18.2 Å². The highest BCUT2D eigenvalue weighted by atomic mass is 79.9. The molecule has 0 heterocycles. The zero-order chi connectivity index (χ0) is 11.1. The minimum Gasteiger partial charge on any atom is -0.496 e. The maximum Gasteiger partial charge on any atom is 0.124 e. The summed E-state index contributed by atoms with van der Waals surface area (Å²) in [5, 5.41) is 0. The van der Waals surface area contributed by atoms with Crippen LogP contribution in [0, 0.1) is 0 Å². The predicted molar refractivity (Wildman–Crippen MR) is 64.0 cm³/mol. The van der Waals surface area contributed by atoms with Gasteiger partial charge in [0, 0.05) is 16.6 Å². The van der Waals surface area contributed by atoms with Crippen molar-refractivity contribution >= 4 is 15.9 Å². The van der Waals surface area contributed by atoms with Crippen molar-refractivity contribution in [1.82, 2.24) is 0 Å². The molecule has 2 N–H and O–H groups in total. The summed E-state index contributed by atoms with van der Waals surface area (Å²) in [6.07, 6.45) is 0.885. The van der Waals surface area contributed by atoms with E-state index in [2.05, 4.69) is 15.9 Å². The molecule has 0 fully saturated rings. The summed E-state index contributed by atoms with van der Waals surface area (Å²) in [6, 6.07) is 5.87. The van der Waals surface area contributed by atoms with Gasteiger partial charge in [0.2, 0.25) is 0 Å². The summed E-state index contributed by atoms with van der Waals surface area (Å²) in [5.74, 6) is 0.853. The predicted octanol–water partition coefficient (Wildman–Crippen LogP) is 2.32. The smallest absolute Gasteiger partial charge is 0.124 e. The molecule has 0 spiro atoms. The molecule has 0 aliphatic carbocycles. The summed E-state index contributed by atoms with van der Waals surface area (Å²) < 4.78 is 11.7. The van der Waals surface area contributed by atoms with Crippen LogP contribution >= 0.6 is 15.9 Å². The number of ether oxygens (including phenoxy) is 2. The lowest BCUT2D eigenvalue weighted by molar-refractivity contribution is 0.118. The molecule has 0 aliphatic rings. The standard InChI is InChI=1S/C11H16BrNO2/c1-14-11-4-3-10(12)7-9(11)8-15-6-2-5-13/h3-4,7H,2,5-6,8,13H2,1H3. The fraction of sp³-hybridized carbons (Fsp3) is 0.455. The third-order valence-corrected chi connectivity index (χ3v) is 2.49. The van der Waals surface area contributed by atoms with Crippen LogP contribution in [0.4, 0.5) is 0 Å². The fourth-order valence-corrected chi connectivity index (χ4v) is 1.64. The maximum atomic E-state index is 5.48. The Hall–Kier alpha value is -0.580. The first-order valence-electron chi connectivity index (χ1n) is 4.88. The quantitative estimate of drug-likeness (QED) is 0.810. The van der Waals surface area contributed by atoms with E-state index in [9.17, 15) is 0 Å². The van der Waals surface area contributed by atoms with E-state index in [4.69, 9.17) is 15.2 Å². The van der Waals surface area contributed by atoms with Crippen molar-refractivity contribution in [3.05, 3.63) is 28.2 Å². The van der Waals surface area contributed by atoms with Crippen LogP contribution in [0.25, 0.3) is 0 Å². The van der Waals surface area contributed by atoms with Crippen LogP contribution in [0.15, 0.2) is 22.7 Å². The summed E-state index contributed by atoms with van der Waals surface area (Å²) >= 11 is 3.42. The monoisotopic (exact) mass is 273 g/mol. The number of rotatable bonds is 6. The van der Waals surface area contributed by atoms with Crippen LogP contribution in [-0.4, -0.2) is 20.3 Å². The molecule has 1 aromatic carbocycles. The van der Waals surface area contributed by atoms with Crippen molar-refractivity contribution in [3.8, 4) is 5.75 Å². The van der Waals surface area contributed by atoms with Gasteiger partial charge >= 0.3 is 0 Å². The van der Waals surface area contributed by atoms with Crippen LogP contribution in [0.3, 0.4) is 0 Å². The average Bonchev–Trinajstić information content (AvgIpc) is 2.25. The van der Waals surface area contributed by atoms with Crippen molar-refractivity contribution in [2.45, 2.75) is 13.0 Å². The van der Waals surface area contributed by atoms with Crippen LogP contribution < -0.4 is 10.5 Å². The number of hydrogen-bond acceptors (Lipinski definition) is 3. The number of nitrogens with two attached hydrogens (primary N) is 1. The van der Waals surface area contributed by atoms with E-state index in [1.54, 1.807) is 7.11 Å². The first-order chi connectivity index (χ1) is 7.27. The van der Waals surface area contributed by atoms with Crippen LogP contribution in [-0.2, 0) is 11.3 Å². The van der Waals surface area contributed by atoms with Gasteiger partial charge in [0.05, 0.1) is 13.7 Å². The zero-order valence-electron chi connectivity index (χ0n) is 8.83. The van der Waals surface area contributed by atoms with E-state index in [1.165, 1.54) is 0 Å². The molecule has 0 bridgehead atoms. The highest BCUT2D eigenvalue weighted by molar-refractivity contribution is 9.10. The number of benzene rings is 1. The molecule has 1 rings (SSSR count). The Balaban J connectivity index is 2.54. The molecule has 0 saturated heterocycles. The Bertz CT molecular complexity index is 305. The van der Waals surface area contributed by atoms with Crippen LogP contribution in [0.5, 0.6) is 5.75 Å². The van der Waals surface area contributed by atoms with Crippen molar-refractivity contribution < 1.29 is 9.47 Å². The Morgan fingerprint density at radius 2 is 2.20 bits per heavy atom. The van der Waals surface area contributed by atoms with Gasteiger partial charge in [-0.05, 0) is 31.2 Å². The van der Waals surface area contributed by atoms with Gasteiger partial charge in [-0.1, -0.05) is 15.9 Å². The van der Waals surface area contributed by atoms with Gasteiger partial charge < -0.3 is 15.2 Å². The lowest BCUT2D eigenvalue weighted by Crippen LogP contribution is -2.04. The second-order valence-corrected chi connectivity index (χ2v) is 4.07. The maximum absolute atomic E-state index is 5.48. The Morgan fingerprint density at radius 3 is 2.87 bits per heavy atom. The molecule has 15 heavy (non-hydrogen) atoms. The summed E-state index contributed by atoms with van der Waals surface area (Å²) in [4.78, 5) is 0. The highest BCUT2D eigenvalue weighted by Crippen LogP contribution is 2.23. The van der Waals surface area contributed by atoms with Crippen molar-refractivity contribution in [2.24, 2.45) is 5.73 Å². The van der Waals surface area contributed by atoms with E-state index >= 15 is 0 Å². The van der Waals surface area contributed by atoms with E-state index in [0.29, 0.717) is 19.8 Å². The topological polar surface area (TPSA) is 44.5 Å². The number of halogens is 1.